The van der Waals surface area contributed by atoms with E-state index < -0.39 is 30.8 Å². The fraction of sp³-hybridized carbons (Fsp3) is 0.444. The van der Waals surface area contributed by atoms with Crippen LogP contribution in [0.3, 0.4) is 0 Å². The second-order valence-electron chi connectivity index (χ2n) is 9.68. The van der Waals surface area contributed by atoms with E-state index in [0.717, 1.165) is 25.7 Å². The minimum absolute atomic E-state index is 0.0120. The van der Waals surface area contributed by atoms with Gasteiger partial charge >= 0.3 is 12.7 Å². The maximum Gasteiger partial charge on any atom is 0.409 e. The predicted octanol–water partition coefficient (Wildman–Crippen LogP) is 4.16. The van der Waals surface area contributed by atoms with Gasteiger partial charge in [0, 0.05) is 24.3 Å². The zero-order chi connectivity index (χ0) is 27.7. The summed E-state index contributed by atoms with van der Waals surface area (Å²) in [5, 5.41) is 13.9. The number of fused-ring (bicyclic) bond motifs is 1. The van der Waals surface area contributed by atoms with Crippen LogP contribution in [-0.2, 0) is 4.74 Å². The molecule has 39 heavy (non-hydrogen) atoms. The summed E-state index contributed by atoms with van der Waals surface area (Å²) in [6, 6.07) is 5.94. The standard InChI is InChI=1S/C27H30F2N4O6/c1-37-20-11-16(12-21(39-26(28)29)23(20)25(35)31-17-6-7-17)19-14-30-22-13-15(8-10-32(19)22)24(34)18-5-3-4-9-33(18)27(36)38-2/h8,10-14,17-18,24,26,34H,3-7,9H2,1-2H3,(H,31,35). The van der Waals surface area contributed by atoms with Crippen LogP contribution in [0.15, 0.2) is 36.7 Å². The van der Waals surface area contributed by atoms with E-state index in [9.17, 15) is 23.5 Å². The van der Waals surface area contributed by atoms with Gasteiger partial charge in [0.1, 0.15) is 22.7 Å². The summed E-state index contributed by atoms with van der Waals surface area (Å²) >= 11 is 0. The molecule has 10 nitrogen and oxygen atoms in total. The first-order valence-corrected chi connectivity index (χ1v) is 12.8. The predicted molar refractivity (Wildman–Crippen MR) is 136 cm³/mol. The molecule has 2 unspecified atom stereocenters. The van der Waals surface area contributed by atoms with Crippen molar-refractivity contribution in [2.24, 2.45) is 0 Å². The molecule has 208 valence electrons. The number of pyridine rings is 1. The average Bonchev–Trinajstić information content (AvgIpc) is 3.65. The number of nitrogens with zero attached hydrogens (tertiary/aromatic N) is 3. The van der Waals surface area contributed by atoms with Crippen molar-refractivity contribution >= 4 is 17.6 Å². The van der Waals surface area contributed by atoms with Crippen molar-refractivity contribution in [3.05, 3.63) is 47.8 Å². The molecule has 2 amide bonds. The first-order valence-electron chi connectivity index (χ1n) is 12.8. The van der Waals surface area contributed by atoms with Gasteiger partial charge in [-0.3, -0.25) is 9.20 Å². The highest BCUT2D eigenvalue weighted by atomic mass is 19.3. The molecule has 0 bridgehead atoms. The summed E-state index contributed by atoms with van der Waals surface area (Å²) in [4.78, 5) is 31.0. The molecule has 2 aromatic heterocycles. The topological polar surface area (TPSA) is 115 Å². The second kappa shape index (κ2) is 11.0. The van der Waals surface area contributed by atoms with Crippen LogP contribution in [0.2, 0.25) is 0 Å². The number of benzene rings is 1. The van der Waals surface area contributed by atoms with Crippen molar-refractivity contribution in [3.8, 4) is 22.8 Å². The van der Waals surface area contributed by atoms with Gasteiger partial charge in [-0.15, -0.1) is 0 Å². The molecule has 2 atom stereocenters. The Kier molecular flexibility index (Phi) is 7.56. The SMILES string of the molecule is COC(=O)N1CCCCC1C(O)c1ccn2c(-c3cc(OC)c(C(=O)NC4CC4)c(OC(F)F)c3)cnc2c1. The Balaban J connectivity index is 1.49. The van der Waals surface area contributed by atoms with Crippen LogP contribution in [0.25, 0.3) is 16.9 Å². The Hall–Kier alpha value is -3.93. The molecule has 1 aliphatic heterocycles. The van der Waals surface area contributed by atoms with Gasteiger partial charge < -0.3 is 29.5 Å². The highest BCUT2D eigenvalue weighted by Crippen LogP contribution is 2.37. The Labute approximate surface area is 223 Å². The van der Waals surface area contributed by atoms with Crippen LogP contribution in [0.4, 0.5) is 13.6 Å². The van der Waals surface area contributed by atoms with Gasteiger partial charge in [-0.25, -0.2) is 9.78 Å². The molecule has 2 N–H and O–H groups in total. The third kappa shape index (κ3) is 5.47. The number of likely N-dealkylation sites (tertiary alicyclic amines) is 1. The number of methoxy groups -OCH3 is 2. The van der Waals surface area contributed by atoms with Gasteiger partial charge in [0.15, 0.2) is 0 Å². The molecule has 2 fully saturated rings. The van der Waals surface area contributed by atoms with E-state index in [4.69, 9.17) is 14.2 Å². The molecule has 12 heteroatoms. The van der Waals surface area contributed by atoms with Gasteiger partial charge in [0.05, 0.1) is 38.3 Å². The Morgan fingerprint density at radius 2 is 1.90 bits per heavy atom. The second-order valence-corrected chi connectivity index (χ2v) is 9.68. The van der Waals surface area contributed by atoms with E-state index in [2.05, 4.69) is 10.3 Å². The number of piperidine rings is 1. The summed E-state index contributed by atoms with van der Waals surface area (Å²) in [5.74, 6) is -0.764. The Morgan fingerprint density at radius 3 is 2.59 bits per heavy atom. The maximum atomic E-state index is 13.3. The summed E-state index contributed by atoms with van der Waals surface area (Å²) in [5.41, 5.74) is 1.94. The third-order valence-corrected chi connectivity index (χ3v) is 7.14. The van der Waals surface area contributed by atoms with Gasteiger partial charge in [-0.2, -0.15) is 8.78 Å². The van der Waals surface area contributed by atoms with Crippen molar-refractivity contribution in [1.29, 1.82) is 0 Å². The summed E-state index contributed by atoms with van der Waals surface area (Å²) in [6.45, 7) is -2.64. The number of aliphatic hydroxyl groups excluding tert-OH is 1. The average molecular weight is 545 g/mol. The smallest absolute Gasteiger partial charge is 0.409 e. The number of aromatic nitrogens is 2. The largest absolute Gasteiger partial charge is 0.496 e. The number of ether oxygens (including phenoxy) is 3. The molecular formula is C27H30F2N4O6. The summed E-state index contributed by atoms with van der Waals surface area (Å²) in [7, 11) is 2.67. The number of nitrogens with one attached hydrogen (secondary N) is 1. The van der Waals surface area contributed by atoms with Crippen molar-refractivity contribution in [2.45, 2.75) is 56.9 Å². The van der Waals surface area contributed by atoms with Crippen molar-refractivity contribution in [2.75, 3.05) is 20.8 Å². The minimum atomic E-state index is -3.15. The van der Waals surface area contributed by atoms with E-state index in [1.165, 1.54) is 20.3 Å². The van der Waals surface area contributed by atoms with Gasteiger partial charge in [0.25, 0.3) is 5.91 Å². The first kappa shape index (κ1) is 26.7. The van der Waals surface area contributed by atoms with Gasteiger partial charge in [0.2, 0.25) is 0 Å². The lowest BCUT2D eigenvalue weighted by Gasteiger charge is -2.37. The van der Waals surface area contributed by atoms with Crippen molar-refractivity contribution in [1.82, 2.24) is 19.6 Å². The number of carbonyl (C=O) groups is 2. The van der Waals surface area contributed by atoms with Gasteiger partial charge in [-0.1, -0.05) is 0 Å². The molecule has 1 saturated heterocycles. The molecule has 0 spiro atoms. The van der Waals surface area contributed by atoms with Crippen LogP contribution in [0.5, 0.6) is 11.5 Å². The van der Waals surface area contributed by atoms with Crippen molar-refractivity contribution in [3.63, 3.8) is 0 Å². The van der Waals surface area contributed by atoms with Crippen LogP contribution in [0.1, 0.15) is 54.1 Å². The van der Waals surface area contributed by atoms with E-state index in [0.29, 0.717) is 35.4 Å². The molecule has 0 radical (unpaired) electrons. The zero-order valence-electron chi connectivity index (χ0n) is 21.6. The summed E-state index contributed by atoms with van der Waals surface area (Å²) < 4.78 is 43.4. The lowest BCUT2D eigenvalue weighted by Crippen LogP contribution is -2.46. The highest BCUT2D eigenvalue weighted by Gasteiger charge is 2.34. The molecule has 3 aromatic rings. The number of hydrogen-bond donors (Lipinski definition) is 2. The number of alkyl halides is 2. The lowest BCUT2D eigenvalue weighted by molar-refractivity contribution is -0.0502. The van der Waals surface area contributed by atoms with Crippen LogP contribution in [0, 0.1) is 0 Å². The Morgan fingerprint density at radius 1 is 1.13 bits per heavy atom. The molecule has 1 saturated carbocycles. The normalized spacial score (nSPS) is 18.2. The molecule has 1 aliphatic carbocycles. The van der Waals surface area contributed by atoms with E-state index in [1.54, 1.807) is 39.9 Å². The fourth-order valence-corrected chi connectivity index (χ4v) is 5.04. The Bertz CT molecular complexity index is 1380. The number of imidazole rings is 1. The van der Waals surface area contributed by atoms with Crippen LogP contribution in [-0.4, -0.2) is 70.9 Å². The number of amides is 2. The molecule has 1 aromatic carbocycles. The lowest BCUT2D eigenvalue weighted by atomic mass is 9.93. The fourth-order valence-electron chi connectivity index (χ4n) is 5.04. The molecule has 2 aliphatic rings. The van der Waals surface area contributed by atoms with Gasteiger partial charge in [-0.05, 0) is 61.9 Å². The van der Waals surface area contributed by atoms with Crippen LogP contribution >= 0.6 is 0 Å². The van der Waals surface area contributed by atoms with Crippen LogP contribution < -0.4 is 14.8 Å². The highest BCUT2D eigenvalue weighted by molar-refractivity contribution is 6.01. The minimum Gasteiger partial charge on any atom is -0.496 e. The molecule has 3 heterocycles. The molecular weight excluding hydrogens is 514 g/mol. The quantitative estimate of drug-likeness (QED) is 0.438. The van der Waals surface area contributed by atoms with Crippen molar-refractivity contribution < 1.29 is 37.7 Å². The number of aliphatic hydroxyl groups is 1. The summed E-state index contributed by atoms with van der Waals surface area (Å²) in [6.07, 6.45) is 5.83. The first-order chi connectivity index (χ1) is 18.8. The zero-order valence-corrected chi connectivity index (χ0v) is 21.6. The van der Waals surface area contributed by atoms with E-state index >= 15 is 0 Å². The third-order valence-electron chi connectivity index (χ3n) is 7.14. The van der Waals surface area contributed by atoms with E-state index in [1.807, 2.05) is 0 Å². The number of halogens is 2. The molecule has 5 rings (SSSR count). The maximum absolute atomic E-state index is 13.3. The number of carbonyl (C=O) groups excluding carboxylic acids is 2. The monoisotopic (exact) mass is 544 g/mol. The number of rotatable bonds is 8. The number of hydrogen-bond acceptors (Lipinski definition) is 7. The van der Waals surface area contributed by atoms with E-state index in [-0.39, 0.29) is 23.1 Å².